The van der Waals surface area contributed by atoms with Gasteiger partial charge in [0, 0.05) is 0 Å². The van der Waals surface area contributed by atoms with Crippen LogP contribution in [0.2, 0.25) is 5.02 Å². The molecule has 0 fully saturated rings. The van der Waals surface area contributed by atoms with Gasteiger partial charge in [0.2, 0.25) is 0 Å². The molecule has 1 amide bonds. The van der Waals surface area contributed by atoms with Crippen molar-refractivity contribution in [3.8, 4) is 0 Å². The van der Waals surface area contributed by atoms with Crippen molar-refractivity contribution in [1.29, 1.82) is 0 Å². The third kappa shape index (κ3) is 1.86. The lowest BCUT2D eigenvalue weighted by molar-refractivity contribution is 0.0692. The van der Waals surface area contributed by atoms with Crippen molar-refractivity contribution in [2.24, 2.45) is 0 Å². The summed E-state index contributed by atoms with van der Waals surface area (Å²) in [7, 11) is 0. The van der Waals surface area contributed by atoms with Gasteiger partial charge in [-0.2, -0.15) is 0 Å². The number of carboxylic acids is 1. The van der Waals surface area contributed by atoms with Gasteiger partial charge >= 0.3 is 5.97 Å². The van der Waals surface area contributed by atoms with Crippen LogP contribution in [0, 0.1) is 0 Å². The number of carboxylic acid groups (broad SMARTS) is 1. The fraction of sp³-hybridized carbons (Fsp3) is 0.263. The molecular weight excluding hydrogens is 326 g/mol. The van der Waals surface area contributed by atoms with Crippen molar-refractivity contribution in [1.82, 2.24) is 0 Å². The zero-order valence-electron chi connectivity index (χ0n) is 13.3. The fourth-order valence-corrected chi connectivity index (χ4v) is 4.29. The van der Waals surface area contributed by atoms with Crippen LogP contribution in [-0.2, 0) is 5.41 Å². The van der Waals surface area contributed by atoms with Gasteiger partial charge in [-0.15, -0.1) is 0 Å². The van der Waals surface area contributed by atoms with E-state index in [4.69, 9.17) is 11.6 Å². The Labute approximate surface area is 144 Å². The van der Waals surface area contributed by atoms with Crippen LogP contribution >= 0.6 is 11.6 Å². The number of rotatable bonds is 1. The molecule has 2 aliphatic heterocycles. The van der Waals surface area contributed by atoms with Crippen LogP contribution in [0.25, 0.3) is 0 Å². The minimum absolute atomic E-state index is 0.0540. The van der Waals surface area contributed by atoms with E-state index in [0.717, 1.165) is 17.5 Å². The monoisotopic (exact) mass is 341 g/mol. The number of carbonyl (C=O) groups is 2. The first kappa shape index (κ1) is 15.2. The Morgan fingerprint density at radius 1 is 1.25 bits per heavy atom. The Balaban J connectivity index is 2.01. The molecule has 0 radical (unpaired) electrons. The molecule has 2 heterocycles. The molecular formula is C19H16ClNO3. The van der Waals surface area contributed by atoms with E-state index in [1.165, 1.54) is 6.07 Å². The molecule has 0 bridgehead atoms. The quantitative estimate of drug-likeness (QED) is 0.835. The number of benzene rings is 2. The molecule has 2 aromatic rings. The second kappa shape index (κ2) is 4.84. The molecule has 0 spiro atoms. The summed E-state index contributed by atoms with van der Waals surface area (Å²) in [5, 5.41) is 9.97. The van der Waals surface area contributed by atoms with Gasteiger partial charge in [-0.05, 0) is 35.1 Å². The van der Waals surface area contributed by atoms with Gasteiger partial charge < -0.3 is 5.11 Å². The maximum absolute atomic E-state index is 13.1. The van der Waals surface area contributed by atoms with E-state index in [1.54, 1.807) is 17.0 Å². The summed E-state index contributed by atoms with van der Waals surface area (Å²) >= 11 is 6.44. The number of anilines is 1. The summed E-state index contributed by atoms with van der Waals surface area (Å²) in [5.41, 5.74) is 2.68. The van der Waals surface area contributed by atoms with E-state index in [1.807, 2.05) is 18.2 Å². The molecule has 0 aliphatic carbocycles. The van der Waals surface area contributed by atoms with Crippen molar-refractivity contribution in [3.05, 3.63) is 63.7 Å². The highest BCUT2D eigenvalue weighted by Crippen LogP contribution is 2.54. The third-order valence-corrected chi connectivity index (χ3v) is 5.40. The van der Waals surface area contributed by atoms with Crippen molar-refractivity contribution in [2.45, 2.75) is 31.7 Å². The summed E-state index contributed by atoms with van der Waals surface area (Å²) in [5.74, 6) is -1.36. The van der Waals surface area contributed by atoms with Crippen molar-refractivity contribution in [2.75, 3.05) is 4.90 Å². The van der Waals surface area contributed by atoms with Gasteiger partial charge in [0.15, 0.2) is 0 Å². The SMILES string of the molecule is CC1(C)CC2c3cccc(C(=O)O)c3C(=O)N2c2c(Cl)cccc21. The molecule has 1 atom stereocenters. The van der Waals surface area contributed by atoms with E-state index in [9.17, 15) is 14.7 Å². The van der Waals surface area contributed by atoms with Gasteiger partial charge in [-0.3, -0.25) is 9.69 Å². The number of halogens is 1. The van der Waals surface area contributed by atoms with Gasteiger partial charge in [0.25, 0.3) is 5.91 Å². The standard InChI is InChI=1S/C19H16ClNO3/c1-19(2)9-14-10-5-3-6-11(18(23)24)15(10)17(22)21(14)16-12(19)7-4-8-13(16)20/h3-8,14H,9H2,1-2H3,(H,23,24). The van der Waals surface area contributed by atoms with E-state index >= 15 is 0 Å². The molecule has 2 aliphatic rings. The highest BCUT2D eigenvalue weighted by Gasteiger charge is 2.48. The second-order valence-corrected chi connectivity index (χ2v) is 7.40. The molecule has 0 saturated carbocycles. The third-order valence-electron chi connectivity index (χ3n) is 5.09. The predicted molar refractivity (Wildman–Crippen MR) is 92.0 cm³/mol. The Morgan fingerprint density at radius 3 is 2.67 bits per heavy atom. The molecule has 0 aromatic heterocycles. The lowest BCUT2D eigenvalue weighted by atomic mass is 9.74. The van der Waals surface area contributed by atoms with Crippen LogP contribution < -0.4 is 4.90 Å². The smallest absolute Gasteiger partial charge is 0.336 e. The number of aromatic carboxylic acids is 1. The van der Waals surface area contributed by atoms with Crippen LogP contribution in [-0.4, -0.2) is 17.0 Å². The Kier molecular flexibility index (Phi) is 3.06. The number of hydrogen-bond acceptors (Lipinski definition) is 2. The van der Waals surface area contributed by atoms with Gasteiger partial charge in [0.05, 0.1) is 27.9 Å². The largest absolute Gasteiger partial charge is 0.478 e. The van der Waals surface area contributed by atoms with Crippen LogP contribution in [0.3, 0.4) is 0 Å². The van der Waals surface area contributed by atoms with Crippen molar-refractivity contribution < 1.29 is 14.7 Å². The topological polar surface area (TPSA) is 57.6 Å². The highest BCUT2D eigenvalue weighted by atomic mass is 35.5. The van der Waals surface area contributed by atoms with Gasteiger partial charge in [-0.25, -0.2) is 4.79 Å². The average Bonchev–Trinajstić information content (AvgIpc) is 2.80. The van der Waals surface area contributed by atoms with Crippen molar-refractivity contribution >= 4 is 29.2 Å². The summed E-state index contributed by atoms with van der Waals surface area (Å²) in [6.07, 6.45) is 0.724. The normalized spacial score (nSPS) is 20.4. The molecule has 2 aromatic carbocycles. The lowest BCUT2D eigenvalue weighted by Gasteiger charge is -2.42. The van der Waals surface area contributed by atoms with Gasteiger partial charge in [0.1, 0.15) is 0 Å². The Hall–Kier alpha value is -2.33. The number of carbonyl (C=O) groups excluding carboxylic acids is 1. The Bertz CT molecular complexity index is 903. The number of para-hydroxylation sites is 1. The average molecular weight is 342 g/mol. The summed E-state index contributed by atoms with van der Waals surface area (Å²) < 4.78 is 0. The fourth-order valence-electron chi connectivity index (χ4n) is 4.02. The predicted octanol–water partition coefficient (Wildman–Crippen LogP) is 4.42. The number of nitrogens with zero attached hydrogens (tertiary/aromatic N) is 1. The molecule has 1 N–H and O–H groups in total. The minimum Gasteiger partial charge on any atom is -0.478 e. The maximum Gasteiger partial charge on any atom is 0.336 e. The zero-order valence-corrected chi connectivity index (χ0v) is 14.1. The highest BCUT2D eigenvalue weighted by molar-refractivity contribution is 6.34. The van der Waals surface area contributed by atoms with Crippen LogP contribution in [0.1, 0.15) is 58.2 Å². The van der Waals surface area contributed by atoms with Crippen LogP contribution in [0.15, 0.2) is 36.4 Å². The molecule has 122 valence electrons. The molecule has 5 heteroatoms. The lowest BCUT2D eigenvalue weighted by Crippen LogP contribution is -2.39. The van der Waals surface area contributed by atoms with Crippen LogP contribution in [0.5, 0.6) is 0 Å². The molecule has 24 heavy (non-hydrogen) atoms. The summed E-state index contributed by atoms with van der Waals surface area (Å²) in [6, 6.07) is 10.5. The first-order valence-corrected chi connectivity index (χ1v) is 8.19. The number of hydrogen-bond donors (Lipinski definition) is 1. The molecule has 0 saturated heterocycles. The van der Waals surface area contributed by atoms with Crippen LogP contribution in [0.4, 0.5) is 5.69 Å². The Morgan fingerprint density at radius 2 is 1.96 bits per heavy atom. The zero-order chi connectivity index (χ0) is 17.2. The first-order valence-electron chi connectivity index (χ1n) is 7.81. The second-order valence-electron chi connectivity index (χ2n) is 6.99. The number of fused-ring (bicyclic) bond motifs is 5. The van der Waals surface area contributed by atoms with E-state index < -0.39 is 5.97 Å². The van der Waals surface area contributed by atoms with Gasteiger partial charge in [-0.1, -0.05) is 49.7 Å². The molecule has 4 nitrogen and oxygen atoms in total. The summed E-state index contributed by atoms with van der Waals surface area (Å²) in [4.78, 5) is 26.3. The van der Waals surface area contributed by atoms with Crippen molar-refractivity contribution in [3.63, 3.8) is 0 Å². The van der Waals surface area contributed by atoms with E-state index in [-0.39, 0.29) is 22.9 Å². The first-order chi connectivity index (χ1) is 11.3. The van der Waals surface area contributed by atoms with E-state index in [0.29, 0.717) is 16.3 Å². The number of amides is 1. The molecule has 1 unspecified atom stereocenters. The molecule has 4 rings (SSSR count). The summed E-state index contributed by atoms with van der Waals surface area (Å²) in [6.45, 7) is 4.26. The maximum atomic E-state index is 13.1. The minimum atomic E-state index is -1.08. The van der Waals surface area contributed by atoms with E-state index in [2.05, 4.69) is 13.8 Å².